The van der Waals surface area contributed by atoms with Crippen molar-refractivity contribution in [3.05, 3.63) is 83.7 Å². The van der Waals surface area contributed by atoms with Gasteiger partial charge in [-0.25, -0.2) is 13.2 Å². The summed E-state index contributed by atoms with van der Waals surface area (Å²) in [6.45, 7) is 0.547. The first kappa shape index (κ1) is 22.8. The number of fused-ring (bicyclic) bond motifs is 1. The van der Waals surface area contributed by atoms with Crippen molar-refractivity contribution < 1.29 is 27.4 Å². The molecule has 0 radical (unpaired) electrons. The van der Waals surface area contributed by atoms with Crippen molar-refractivity contribution in [3.63, 3.8) is 0 Å². The van der Waals surface area contributed by atoms with Crippen LogP contribution in [0.25, 0.3) is 11.4 Å². The lowest BCUT2D eigenvalue weighted by Gasteiger charge is -2.11. The Hall–Kier alpha value is -3.99. The minimum atomic E-state index is -1.65. The van der Waals surface area contributed by atoms with Crippen LogP contribution >= 0.6 is 11.8 Å². The lowest BCUT2D eigenvalue weighted by atomic mass is 10.2. The second kappa shape index (κ2) is 9.71. The van der Waals surface area contributed by atoms with Gasteiger partial charge in [-0.2, -0.15) is 0 Å². The van der Waals surface area contributed by atoms with E-state index in [1.807, 2.05) is 53.1 Å². The minimum absolute atomic E-state index is 0.160. The number of hydrogen-bond donors (Lipinski definition) is 1. The summed E-state index contributed by atoms with van der Waals surface area (Å²) in [5.74, 6) is -3.31. The average molecular weight is 498 g/mol. The van der Waals surface area contributed by atoms with Gasteiger partial charge in [0, 0.05) is 5.56 Å². The van der Waals surface area contributed by atoms with Gasteiger partial charge in [-0.1, -0.05) is 48.2 Å². The highest BCUT2D eigenvalue weighted by atomic mass is 32.2. The van der Waals surface area contributed by atoms with Gasteiger partial charge >= 0.3 is 0 Å². The molecule has 1 aromatic heterocycles. The minimum Gasteiger partial charge on any atom is -0.454 e. The molecule has 4 aromatic rings. The summed E-state index contributed by atoms with van der Waals surface area (Å²) in [6, 6.07) is 16.7. The molecule has 0 fully saturated rings. The first-order chi connectivity index (χ1) is 17.0. The summed E-state index contributed by atoms with van der Waals surface area (Å²) in [5, 5.41) is 11.2. The van der Waals surface area contributed by atoms with Crippen molar-refractivity contribution in [3.8, 4) is 22.9 Å². The first-order valence-electron chi connectivity index (χ1n) is 10.4. The van der Waals surface area contributed by atoms with E-state index < -0.39 is 29.0 Å². The normalized spacial score (nSPS) is 12.1. The monoisotopic (exact) mass is 498 g/mol. The van der Waals surface area contributed by atoms with Gasteiger partial charge in [-0.3, -0.25) is 9.36 Å². The SMILES string of the molecule is O=C(CSc1nnc(-c2ccccc2)n1Cc1ccc2c(c1)OCO2)Nc1ccc(F)c(F)c1F. The van der Waals surface area contributed by atoms with E-state index in [1.165, 1.54) is 0 Å². The van der Waals surface area contributed by atoms with Crippen LogP contribution in [0, 0.1) is 17.5 Å². The Bertz CT molecular complexity index is 1400. The van der Waals surface area contributed by atoms with Gasteiger partial charge in [0.05, 0.1) is 18.0 Å². The number of anilines is 1. The first-order valence-corrected chi connectivity index (χ1v) is 11.4. The fraction of sp³-hybridized carbons (Fsp3) is 0.125. The third-order valence-electron chi connectivity index (χ3n) is 5.17. The number of halogens is 3. The Balaban J connectivity index is 1.37. The lowest BCUT2D eigenvalue weighted by Crippen LogP contribution is -2.16. The molecular formula is C24H17F3N4O3S. The smallest absolute Gasteiger partial charge is 0.234 e. The summed E-state index contributed by atoms with van der Waals surface area (Å²) in [7, 11) is 0. The fourth-order valence-electron chi connectivity index (χ4n) is 3.50. The summed E-state index contributed by atoms with van der Waals surface area (Å²) >= 11 is 1.08. The number of ether oxygens (including phenoxy) is 2. The number of carbonyl (C=O) groups excluding carboxylic acids is 1. The molecule has 178 valence electrons. The Morgan fingerprint density at radius 3 is 2.60 bits per heavy atom. The second-order valence-electron chi connectivity index (χ2n) is 7.51. The summed E-state index contributed by atoms with van der Waals surface area (Å²) in [4.78, 5) is 12.4. The molecule has 0 unspecified atom stereocenters. The van der Waals surface area contributed by atoms with Crippen molar-refractivity contribution in [1.82, 2.24) is 14.8 Å². The fourth-order valence-corrected chi connectivity index (χ4v) is 4.24. The zero-order valence-corrected chi connectivity index (χ0v) is 18.8. The molecular weight excluding hydrogens is 481 g/mol. The molecule has 1 N–H and O–H groups in total. The number of nitrogens with one attached hydrogen (secondary N) is 1. The zero-order chi connectivity index (χ0) is 24.4. The predicted octanol–water partition coefficient (Wildman–Crippen LogP) is 4.87. The van der Waals surface area contributed by atoms with Crippen molar-refractivity contribution in [2.75, 3.05) is 17.9 Å². The maximum absolute atomic E-state index is 13.9. The molecule has 1 aliphatic rings. The van der Waals surface area contributed by atoms with Gasteiger partial charge in [0.15, 0.2) is 39.9 Å². The van der Waals surface area contributed by atoms with E-state index in [0.29, 0.717) is 29.0 Å². The van der Waals surface area contributed by atoms with Gasteiger partial charge in [0.25, 0.3) is 0 Å². The lowest BCUT2D eigenvalue weighted by molar-refractivity contribution is -0.113. The van der Waals surface area contributed by atoms with Crippen LogP contribution in [0.15, 0.2) is 65.8 Å². The van der Waals surface area contributed by atoms with E-state index in [1.54, 1.807) is 0 Å². The van der Waals surface area contributed by atoms with Crippen LogP contribution in [-0.4, -0.2) is 33.2 Å². The summed E-state index contributed by atoms with van der Waals surface area (Å²) < 4.78 is 53.2. The molecule has 11 heteroatoms. The highest BCUT2D eigenvalue weighted by Crippen LogP contribution is 2.34. The standard InChI is InChI=1S/C24H17F3N4O3S/c25-16-7-8-17(22(27)21(16)26)28-20(32)12-35-24-30-29-23(15-4-2-1-3-5-15)31(24)11-14-6-9-18-19(10-14)34-13-33-18/h1-10H,11-13H2,(H,28,32). The number of thioether (sulfide) groups is 1. The van der Waals surface area contributed by atoms with E-state index >= 15 is 0 Å². The van der Waals surface area contributed by atoms with Crippen molar-refractivity contribution in [2.45, 2.75) is 11.7 Å². The number of aromatic nitrogens is 3. The molecule has 0 aliphatic carbocycles. The van der Waals surface area contributed by atoms with Gasteiger partial charge in [0.1, 0.15) is 0 Å². The van der Waals surface area contributed by atoms with Crippen LogP contribution in [0.2, 0.25) is 0 Å². The Morgan fingerprint density at radius 2 is 1.77 bits per heavy atom. The van der Waals surface area contributed by atoms with E-state index in [9.17, 15) is 18.0 Å². The van der Waals surface area contributed by atoms with Crippen LogP contribution in [0.5, 0.6) is 11.5 Å². The van der Waals surface area contributed by atoms with E-state index in [2.05, 4.69) is 15.5 Å². The van der Waals surface area contributed by atoms with Crippen molar-refractivity contribution >= 4 is 23.4 Å². The average Bonchev–Trinajstić information content (AvgIpc) is 3.50. The van der Waals surface area contributed by atoms with E-state index in [4.69, 9.17) is 9.47 Å². The van der Waals surface area contributed by atoms with E-state index in [-0.39, 0.29) is 12.5 Å². The molecule has 0 saturated heterocycles. The Morgan fingerprint density at radius 1 is 0.971 bits per heavy atom. The number of benzene rings is 3. The molecule has 3 aromatic carbocycles. The van der Waals surface area contributed by atoms with Crippen LogP contribution < -0.4 is 14.8 Å². The van der Waals surface area contributed by atoms with Crippen molar-refractivity contribution in [1.29, 1.82) is 0 Å². The van der Waals surface area contributed by atoms with Crippen LogP contribution in [0.1, 0.15) is 5.56 Å². The number of hydrogen-bond acceptors (Lipinski definition) is 6. The third-order valence-corrected chi connectivity index (χ3v) is 6.13. The van der Waals surface area contributed by atoms with Gasteiger partial charge in [-0.05, 0) is 29.8 Å². The second-order valence-corrected chi connectivity index (χ2v) is 8.45. The largest absolute Gasteiger partial charge is 0.454 e. The quantitative estimate of drug-likeness (QED) is 0.289. The highest BCUT2D eigenvalue weighted by molar-refractivity contribution is 7.99. The maximum Gasteiger partial charge on any atom is 0.234 e. The Labute approximate surface area is 201 Å². The molecule has 5 rings (SSSR count). The topological polar surface area (TPSA) is 78.3 Å². The van der Waals surface area contributed by atoms with Crippen LogP contribution in [-0.2, 0) is 11.3 Å². The highest BCUT2D eigenvalue weighted by Gasteiger charge is 2.20. The molecule has 0 saturated carbocycles. The van der Waals surface area contributed by atoms with E-state index in [0.717, 1.165) is 35.0 Å². The molecule has 1 amide bonds. The molecule has 2 heterocycles. The molecule has 1 aliphatic heterocycles. The van der Waals surface area contributed by atoms with Crippen molar-refractivity contribution in [2.24, 2.45) is 0 Å². The van der Waals surface area contributed by atoms with Gasteiger partial charge < -0.3 is 14.8 Å². The number of amides is 1. The van der Waals surface area contributed by atoms with Gasteiger partial charge in [0.2, 0.25) is 12.7 Å². The molecule has 0 bridgehead atoms. The van der Waals surface area contributed by atoms with Crippen LogP contribution in [0.3, 0.4) is 0 Å². The predicted molar refractivity (Wildman–Crippen MR) is 123 cm³/mol. The third kappa shape index (κ3) is 4.80. The maximum atomic E-state index is 13.9. The summed E-state index contributed by atoms with van der Waals surface area (Å²) in [6.07, 6.45) is 0. The zero-order valence-electron chi connectivity index (χ0n) is 18.0. The molecule has 35 heavy (non-hydrogen) atoms. The number of nitrogens with zero attached hydrogens (tertiary/aromatic N) is 3. The Kier molecular flexibility index (Phi) is 6.32. The summed E-state index contributed by atoms with van der Waals surface area (Å²) in [5.41, 5.74) is 1.29. The molecule has 7 nitrogen and oxygen atoms in total. The number of rotatable bonds is 7. The van der Waals surface area contributed by atoms with Gasteiger partial charge in [-0.15, -0.1) is 10.2 Å². The molecule has 0 atom stereocenters. The number of carbonyl (C=O) groups is 1. The van der Waals surface area contributed by atoms with Crippen LogP contribution in [0.4, 0.5) is 18.9 Å². The molecule has 0 spiro atoms.